The lowest BCUT2D eigenvalue weighted by molar-refractivity contribution is 0.333. The maximum Gasteiger partial charge on any atom is 0.203 e. The van der Waals surface area contributed by atoms with Gasteiger partial charge in [-0.05, 0) is 30.2 Å². The van der Waals surface area contributed by atoms with E-state index in [9.17, 15) is 5.11 Å². The fourth-order valence-electron chi connectivity index (χ4n) is 2.64. The Hall–Kier alpha value is -2.62. The van der Waals surface area contributed by atoms with E-state index in [0.717, 1.165) is 22.0 Å². The number of phenols is 1. The molecule has 0 spiro atoms. The van der Waals surface area contributed by atoms with Crippen LogP contribution in [0.4, 0.5) is 0 Å². The number of hydrogen-bond donors (Lipinski definition) is 2. The van der Waals surface area contributed by atoms with Gasteiger partial charge in [0, 0.05) is 22.7 Å². The zero-order valence-corrected chi connectivity index (χ0v) is 12.2. The number of aromatic nitrogens is 1. The first-order valence-electron chi connectivity index (χ1n) is 6.67. The van der Waals surface area contributed by atoms with Crippen molar-refractivity contribution in [3.8, 4) is 28.4 Å². The fraction of sp³-hybridized carbons (Fsp3) is 0.176. The van der Waals surface area contributed by atoms with Crippen molar-refractivity contribution in [1.29, 1.82) is 0 Å². The van der Waals surface area contributed by atoms with E-state index in [1.165, 1.54) is 12.7 Å². The zero-order valence-electron chi connectivity index (χ0n) is 12.2. The summed E-state index contributed by atoms with van der Waals surface area (Å²) in [6, 6.07) is 9.70. The second kappa shape index (κ2) is 5.05. The molecule has 2 N–H and O–H groups in total. The van der Waals surface area contributed by atoms with E-state index in [1.54, 1.807) is 13.2 Å². The van der Waals surface area contributed by atoms with E-state index in [1.807, 2.05) is 18.3 Å². The molecule has 0 unspecified atom stereocenters. The molecular formula is C17H17NO3. The number of aromatic amines is 1. The molecule has 21 heavy (non-hydrogen) atoms. The van der Waals surface area contributed by atoms with E-state index < -0.39 is 0 Å². The Morgan fingerprint density at radius 1 is 1.10 bits per heavy atom. The SMILES string of the molecule is COc1cc(-c2c[nH]c3c(C)cccc23)cc(O)c1OC. The molecule has 0 fully saturated rings. The first kappa shape index (κ1) is 13.4. The summed E-state index contributed by atoms with van der Waals surface area (Å²) in [4.78, 5) is 3.29. The second-order valence-corrected chi connectivity index (χ2v) is 4.93. The number of phenolic OH excluding ortho intramolecular Hbond substituents is 1. The largest absolute Gasteiger partial charge is 0.504 e. The maximum absolute atomic E-state index is 10.1. The third-order valence-electron chi connectivity index (χ3n) is 3.69. The minimum absolute atomic E-state index is 0.0638. The van der Waals surface area contributed by atoms with Crippen LogP contribution >= 0.6 is 0 Å². The Morgan fingerprint density at radius 3 is 2.62 bits per heavy atom. The topological polar surface area (TPSA) is 54.5 Å². The lowest BCUT2D eigenvalue weighted by atomic mass is 10.0. The van der Waals surface area contributed by atoms with Gasteiger partial charge in [-0.25, -0.2) is 0 Å². The van der Waals surface area contributed by atoms with Crippen LogP contribution in [0.5, 0.6) is 17.2 Å². The van der Waals surface area contributed by atoms with Crippen molar-refractivity contribution in [3.05, 3.63) is 42.1 Å². The Kier molecular flexibility index (Phi) is 3.22. The molecule has 3 aromatic rings. The molecule has 0 aliphatic rings. The van der Waals surface area contributed by atoms with Gasteiger partial charge in [0.05, 0.1) is 14.2 Å². The van der Waals surface area contributed by atoms with Crippen molar-refractivity contribution in [1.82, 2.24) is 4.98 Å². The normalized spacial score (nSPS) is 10.8. The van der Waals surface area contributed by atoms with E-state index in [-0.39, 0.29) is 5.75 Å². The van der Waals surface area contributed by atoms with Gasteiger partial charge >= 0.3 is 0 Å². The molecular weight excluding hydrogens is 266 g/mol. The minimum atomic E-state index is 0.0638. The fourth-order valence-corrected chi connectivity index (χ4v) is 2.64. The molecule has 0 radical (unpaired) electrons. The lowest BCUT2D eigenvalue weighted by Gasteiger charge is -2.11. The highest BCUT2D eigenvalue weighted by Gasteiger charge is 2.15. The highest BCUT2D eigenvalue weighted by atomic mass is 16.5. The van der Waals surface area contributed by atoms with E-state index in [2.05, 4.69) is 24.0 Å². The molecule has 2 aromatic carbocycles. The van der Waals surface area contributed by atoms with Crippen LogP contribution in [0, 0.1) is 6.92 Å². The summed E-state index contributed by atoms with van der Waals surface area (Å²) >= 11 is 0. The molecule has 4 heteroatoms. The summed E-state index contributed by atoms with van der Waals surface area (Å²) in [7, 11) is 3.06. The summed E-state index contributed by atoms with van der Waals surface area (Å²) in [6.45, 7) is 2.06. The molecule has 1 aromatic heterocycles. The summed E-state index contributed by atoms with van der Waals surface area (Å²) in [5.41, 5.74) is 4.18. The molecule has 0 aliphatic carbocycles. The Balaban J connectivity index is 2.24. The first-order chi connectivity index (χ1) is 10.2. The van der Waals surface area contributed by atoms with Crippen molar-refractivity contribution >= 4 is 10.9 Å². The molecule has 4 nitrogen and oxygen atoms in total. The van der Waals surface area contributed by atoms with Crippen LogP contribution in [0.1, 0.15) is 5.56 Å². The number of rotatable bonds is 3. The van der Waals surface area contributed by atoms with Crippen LogP contribution in [-0.2, 0) is 0 Å². The predicted molar refractivity (Wildman–Crippen MR) is 83.2 cm³/mol. The number of aryl methyl sites for hydroxylation is 1. The molecule has 0 bridgehead atoms. The number of para-hydroxylation sites is 1. The van der Waals surface area contributed by atoms with E-state index >= 15 is 0 Å². The second-order valence-electron chi connectivity index (χ2n) is 4.93. The number of fused-ring (bicyclic) bond motifs is 1. The van der Waals surface area contributed by atoms with Gasteiger partial charge in [-0.1, -0.05) is 18.2 Å². The van der Waals surface area contributed by atoms with Crippen LogP contribution in [0.3, 0.4) is 0 Å². The van der Waals surface area contributed by atoms with Crippen LogP contribution in [0.25, 0.3) is 22.0 Å². The van der Waals surface area contributed by atoms with E-state index in [4.69, 9.17) is 9.47 Å². The third kappa shape index (κ3) is 2.09. The monoisotopic (exact) mass is 283 g/mol. The highest BCUT2D eigenvalue weighted by Crippen LogP contribution is 2.42. The summed E-state index contributed by atoms with van der Waals surface area (Å²) in [6.07, 6.45) is 1.94. The number of aromatic hydroxyl groups is 1. The number of methoxy groups -OCH3 is 2. The Morgan fingerprint density at radius 2 is 1.90 bits per heavy atom. The standard InChI is InChI=1S/C17H17NO3/c1-10-5-4-6-12-13(9-18-16(10)12)11-7-14(19)17(21-3)15(8-11)20-2/h4-9,18-19H,1-3H3. The molecule has 0 amide bonds. The van der Waals surface area contributed by atoms with Crippen molar-refractivity contribution in [2.75, 3.05) is 14.2 Å². The van der Waals surface area contributed by atoms with Crippen molar-refractivity contribution in [3.63, 3.8) is 0 Å². The van der Waals surface area contributed by atoms with Crippen molar-refractivity contribution < 1.29 is 14.6 Å². The van der Waals surface area contributed by atoms with Crippen molar-refractivity contribution in [2.45, 2.75) is 6.92 Å². The number of nitrogens with one attached hydrogen (secondary N) is 1. The van der Waals surface area contributed by atoms with Gasteiger partial charge in [0.25, 0.3) is 0 Å². The average Bonchev–Trinajstić information content (AvgIpc) is 2.91. The molecule has 0 saturated carbocycles. The lowest BCUT2D eigenvalue weighted by Crippen LogP contribution is -1.91. The number of H-pyrrole nitrogens is 1. The minimum Gasteiger partial charge on any atom is -0.504 e. The average molecular weight is 283 g/mol. The Bertz CT molecular complexity index is 805. The molecule has 3 rings (SSSR count). The molecule has 0 atom stereocenters. The number of benzene rings is 2. The van der Waals surface area contributed by atoms with Crippen molar-refractivity contribution in [2.24, 2.45) is 0 Å². The predicted octanol–water partition coefficient (Wildman–Crippen LogP) is 3.87. The van der Waals surface area contributed by atoms with Crippen LogP contribution in [0.15, 0.2) is 36.5 Å². The Labute approximate surface area is 122 Å². The number of hydrogen-bond acceptors (Lipinski definition) is 3. The van der Waals surface area contributed by atoms with Crippen LogP contribution in [0.2, 0.25) is 0 Å². The summed E-state index contributed by atoms with van der Waals surface area (Å²) in [5.74, 6) is 0.917. The molecule has 1 heterocycles. The first-order valence-corrected chi connectivity index (χ1v) is 6.67. The molecule has 0 saturated heterocycles. The van der Waals surface area contributed by atoms with Gasteiger partial charge in [-0.2, -0.15) is 0 Å². The summed E-state index contributed by atoms with van der Waals surface area (Å²) < 4.78 is 10.5. The van der Waals surface area contributed by atoms with Crippen LogP contribution in [-0.4, -0.2) is 24.3 Å². The van der Waals surface area contributed by atoms with Gasteiger partial charge in [-0.3, -0.25) is 0 Å². The van der Waals surface area contributed by atoms with Gasteiger partial charge in [0.1, 0.15) is 0 Å². The molecule has 0 aliphatic heterocycles. The highest BCUT2D eigenvalue weighted by molar-refractivity contribution is 5.97. The molecule has 108 valence electrons. The third-order valence-corrected chi connectivity index (χ3v) is 3.69. The van der Waals surface area contributed by atoms with E-state index in [0.29, 0.717) is 11.5 Å². The van der Waals surface area contributed by atoms with Gasteiger partial charge in [-0.15, -0.1) is 0 Å². The smallest absolute Gasteiger partial charge is 0.203 e. The zero-order chi connectivity index (χ0) is 15.0. The van der Waals surface area contributed by atoms with Gasteiger partial charge in [0.2, 0.25) is 5.75 Å². The van der Waals surface area contributed by atoms with Gasteiger partial charge < -0.3 is 19.6 Å². The quantitative estimate of drug-likeness (QED) is 0.767. The van der Waals surface area contributed by atoms with Crippen LogP contribution < -0.4 is 9.47 Å². The maximum atomic E-state index is 10.1. The summed E-state index contributed by atoms with van der Waals surface area (Å²) in [5, 5.41) is 11.2. The van der Waals surface area contributed by atoms with Gasteiger partial charge in [0.15, 0.2) is 11.5 Å². The number of ether oxygens (including phenoxy) is 2.